The fourth-order valence-corrected chi connectivity index (χ4v) is 2.81. The first-order valence-corrected chi connectivity index (χ1v) is 7.92. The molecule has 0 unspecified atom stereocenters. The Hall–Kier alpha value is -2.05. The summed E-state index contributed by atoms with van der Waals surface area (Å²) in [6.45, 7) is 0.547. The van der Waals surface area contributed by atoms with Crippen LogP contribution in [-0.2, 0) is 0 Å². The lowest BCUT2D eigenvalue weighted by atomic mass is 10.1. The molecule has 0 spiro atoms. The van der Waals surface area contributed by atoms with E-state index in [4.69, 9.17) is 4.74 Å². The summed E-state index contributed by atoms with van der Waals surface area (Å²) >= 11 is 1.66. The lowest BCUT2D eigenvalue weighted by molar-refractivity contribution is 0.243. The number of carbonyl (C=O) groups excluding carboxylic acids is 1. The van der Waals surface area contributed by atoms with Gasteiger partial charge in [0.15, 0.2) is 0 Å². The molecule has 2 aromatic rings. The second kappa shape index (κ2) is 7.82. The highest BCUT2D eigenvalue weighted by molar-refractivity contribution is 7.07. The molecule has 1 aromatic heterocycles. The Morgan fingerprint density at radius 2 is 2.00 bits per heavy atom. The van der Waals surface area contributed by atoms with Crippen molar-refractivity contribution in [1.82, 2.24) is 10.2 Å². The van der Waals surface area contributed by atoms with Crippen LogP contribution in [-0.4, -0.2) is 38.7 Å². The molecule has 5 nitrogen and oxygen atoms in total. The van der Waals surface area contributed by atoms with Crippen LogP contribution < -0.4 is 15.4 Å². The highest BCUT2D eigenvalue weighted by atomic mass is 32.1. The maximum atomic E-state index is 12.0. The molecule has 118 valence electrons. The molecule has 2 rings (SSSR count). The number of rotatable bonds is 6. The van der Waals surface area contributed by atoms with Crippen molar-refractivity contribution in [3.8, 4) is 5.75 Å². The summed E-state index contributed by atoms with van der Waals surface area (Å²) in [4.78, 5) is 14.1. The van der Waals surface area contributed by atoms with Crippen molar-refractivity contribution in [2.24, 2.45) is 0 Å². The van der Waals surface area contributed by atoms with E-state index in [1.165, 1.54) is 5.56 Å². The molecule has 22 heavy (non-hydrogen) atoms. The summed E-state index contributed by atoms with van der Waals surface area (Å²) in [6, 6.07) is 9.26. The van der Waals surface area contributed by atoms with E-state index in [0.29, 0.717) is 6.54 Å². The minimum absolute atomic E-state index is 0.160. The monoisotopic (exact) mass is 319 g/mol. The summed E-state index contributed by atoms with van der Waals surface area (Å²) in [5.41, 5.74) is 1.94. The van der Waals surface area contributed by atoms with Gasteiger partial charge in [-0.05, 0) is 60.8 Å². The molecule has 0 fully saturated rings. The maximum Gasteiger partial charge on any atom is 0.319 e. The van der Waals surface area contributed by atoms with Gasteiger partial charge in [-0.3, -0.25) is 0 Å². The largest absolute Gasteiger partial charge is 0.497 e. The van der Waals surface area contributed by atoms with E-state index in [1.54, 1.807) is 30.6 Å². The van der Waals surface area contributed by atoms with Crippen molar-refractivity contribution in [2.75, 3.05) is 33.1 Å². The van der Waals surface area contributed by atoms with E-state index in [9.17, 15) is 4.79 Å². The smallest absolute Gasteiger partial charge is 0.319 e. The Bertz CT molecular complexity index is 582. The molecule has 0 aliphatic heterocycles. The average Bonchev–Trinajstić information content (AvgIpc) is 3.02. The van der Waals surface area contributed by atoms with Crippen LogP contribution in [0, 0.1) is 0 Å². The van der Waals surface area contributed by atoms with Crippen LogP contribution in [0.15, 0.2) is 41.1 Å². The Labute approximate surface area is 134 Å². The van der Waals surface area contributed by atoms with Crippen molar-refractivity contribution < 1.29 is 9.53 Å². The molecule has 0 bridgehead atoms. The van der Waals surface area contributed by atoms with E-state index >= 15 is 0 Å². The number of amides is 2. The van der Waals surface area contributed by atoms with Gasteiger partial charge >= 0.3 is 6.03 Å². The van der Waals surface area contributed by atoms with Crippen molar-refractivity contribution in [1.29, 1.82) is 0 Å². The molecule has 0 aliphatic carbocycles. The molecule has 1 heterocycles. The normalized spacial score (nSPS) is 12.0. The van der Waals surface area contributed by atoms with E-state index in [1.807, 2.05) is 31.6 Å². The number of nitrogens with one attached hydrogen (secondary N) is 2. The fraction of sp³-hybridized carbons (Fsp3) is 0.312. The third-order valence-electron chi connectivity index (χ3n) is 3.36. The van der Waals surface area contributed by atoms with E-state index in [-0.39, 0.29) is 12.1 Å². The number of ether oxygens (including phenoxy) is 1. The third-order valence-corrected chi connectivity index (χ3v) is 4.06. The molecular formula is C16H21N3O2S. The van der Waals surface area contributed by atoms with Gasteiger partial charge < -0.3 is 20.3 Å². The number of likely N-dealkylation sites (N-methyl/N-ethyl adjacent to an activating group) is 1. The topological polar surface area (TPSA) is 53.6 Å². The van der Waals surface area contributed by atoms with Crippen LogP contribution in [0.4, 0.5) is 10.5 Å². The average molecular weight is 319 g/mol. The number of methoxy groups -OCH3 is 1. The highest BCUT2D eigenvalue weighted by Gasteiger charge is 2.15. The second-order valence-corrected chi connectivity index (χ2v) is 5.88. The molecule has 6 heteroatoms. The number of benzene rings is 1. The molecule has 1 aromatic carbocycles. The Morgan fingerprint density at radius 1 is 1.27 bits per heavy atom. The molecule has 2 amide bonds. The van der Waals surface area contributed by atoms with Crippen LogP contribution in [0.3, 0.4) is 0 Å². The zero-order valence-electron chi connectivity index (χ0n) is 13.0. The SMILES string of the molecule is COc1ccc(NC(=O)NC[C@H](c2ccsc2)N(C)C)cc1. The number of anilines is 1. The molecule has 0 radical (unpaired) electrons. The summed E-state index contributed by atoms with van der Waals surface area (Å²) in [7, 11) is 5.62. The predicted octanol–water partition coefficient (Wildman–Crippen LogP) is 3.18. The number of hydrogen-bond acceptors (Lipinski definition) is 4. The zero-order chi connectivity index (χ0) is 15.9. The Morgan fingerprint density at radius 3 is 2.55 bits per heavy atom. The molecule has 1 atom stereocenters. The number of hydrogen-bond donors (Lipinski definition) is 2. The minimum atomic E-state index is -0.216. The van der Waals surface area contributed by atoms with Crippen LogP contribution in [0.25, 0.3) is 0 Å². The van der Waals surface area contributed by atoms with Gasteiger partial charge in [-0.25, -0.2) is 4.79 Å². The van der Waals surface area contributed by atoms with Gasteiger partial charge in [-0.2, -0.15) is 11.3 Å². The van der Waals surface area contributed by atoms with Crippen LogP contribution in [0.2, 0.25) is 0 Å². The molecule has 0 saturated heterocycles. The van der Waals surface area contributed by atoms with Crippen LogP contribution >= 0.6 is 11.3 Å². The van der Waals surface area contributed by atoms with Crippen molar-refractivity contribution in [3.05, 3.63) is 46.7 Å². The Balaban J connectivity index is 1.88. The van der Waals surface area contributed by atoms with Gasteiger partial charge in [0.05, 0.1) is 13.2 Å². The fourth-order valence-electron chi connectivity index (χ4n) is 2.10. The van der Waals surface area contributed by atoms with Crippen molar-refractivity contribution in [3.63, 3.8) is 0 Å². The maximum absolute atomic E-state index is 12.0. The van der Waals surface area contributed by atoms with Crippen molar-refractivity contribution in [2.45, 2.75) is 6.04 Å². The van der Waals surface area contributed by atoms with Gasteiger partial charge in [0, 0.05) is 12.2 Å². The predicted molar refractivity (Wildman–Crippen MR) is 90.8 cm³/mol. The minimum Gasteiger partial charge on any atom is -0.497 e. The number of nitrogens with zero attached hydrogens (tertiary/aromatic N) is 1. The van der Waals surface area contributed by atoms with Gasteiger partial charge in [-0.1, -0.05) is 0 Å². The van der Waals surface area contributed by atoms with Gasteiger partial charge in [0.25, 0.3) is 0 Å². The lowest BCUT2D eigenvalue weighted by Crippen LogP contribution is -2.36. The Kier molecular flexibility index (Phi) is 5.80. The molecule has 0 aliphatic rings. The third kappa shape index (κ3) is 4.47. The van der Waals surface area contributed by atoms with E-state index in [0.717, 1.165) is 11.4 Å². The first kappa shape index (κ1) is 16.3. The summed E-state index contributed by atoms with van der Waals surface area (Å²) in [5.74, 6) is 0.760. The summed E-state index contributed by atoms with van der Waals surface area (Å²) in [5, 5.41) is 9.87. The molecule has 0 saturated carbocycles. The van der Waals surface area contributed by atoms with Crippen LogP contribution in [0.1, 0.15) is 11.6 Å². The molecule has 2 N–H and O–H groups in total. The lowest BCUT2D eigenvalue weighted by Gasteiger charge is -2.24. The van der Waals surface area contributed by atoms with E-state index in [2.05, 4.69) is 27.0 Å². The number of carbonyl (C=O) groups is 1. The van der Waals surface area contributed by atoms with Gasteiger partial charge in [-0.15, -0.1) is 0 Å². The van der Waals surface area contributed by atoms with Gasteiger partial charge in [0.1, 0.15) is 5.75 Å². The standard InChI is InChI=1S/C16H21N3O2S/c1-19(2)15(12-8-9-22-11-12)10-17-16(20)18-13-4-6-14(21-3)7-5-13/h4-9,11,15H,10H2,1-3H3,(H2,17,18,20)/t15-/m1/s1. The second-order valence-electron chi connectivity index (χ2n) is 5.10. The van der Waals surface area contributed by atoms with Crippen LogP contribution in [0.5, 0.6) is 5.75 Å². The first-order chi connectivity index (χ1) is 10.6. The van der Waals surface area contributed by atoms with Crippen molar-refractivity contribution >= 4 is 23.1 Å². The first-order valence-electron chi connectivity index (χ1n) is 6.97. The number of urea groups is 1. The van der Waals surface area contributed by atoms with Gasteiger partial charge in [0.2, 0.25) is 0 Å². The zero-order valence-corrected chi connectivity index (χ0v) is 13.8. The number of thiophene rings is 1. The quantitative estimate of drug-likeness (QED) is 0.860. The summed E-state index contributed by atoms with van der Waals surface area (Å²) < 4.78 is 5.09. The molecular weight excluding hydrogens is 298 g/mol. The van der Waals surface area contributed by atoms with E-state index < -0.39 is 0 Å². The summed E-state index contributed by atoms with van der Waals surface area (Å²) in [6.07, 6.45) is 0. The highest BCUT2D eigenvalue weighted by Crippen LogP contribution is 2.20.